The van der Waals surface area contributed by atoms with Gasteiger partial charge in [0.25, 0.3) is 11.8 Å². The Labute approximate surface area is 148 Å². The molecule has 0 aliphatic carbocycles. The highest BCUT2D eigenvalue weighted by Gasteiger charge is 2.52. The highest BCUT2D eigenvalue weighted by atomic mass is 32.2. The van der Waals surface area contributed by atoms with E-state index < -0.39 is 30.3 Å². The third kappa shape index (κ3) is 3.55. The first kappa shape index (κ1) is 17.5. The maximum absolute atomic E-state index is 13.4. The number of rotatable bonds is 4. The number of thioether (sulfide) groups is 1. The lowest BCUT2D eigenvalue weighted by Gasteiger charge is -2.29. The van der Waals surface area contributed by atoms with E-state index in [1.54, 1.807) is 22.7 Å². The molecule has 2 saturated heterocycles. The highest BCUT2D eigenvalue weighted by Crippen LogP contribution is 2.47. The minimum Gasteiger partial charge on any atom is -0.481 e. The number of fused-ring (bicyclic) bond motifs is 1. The molecule has 2 atom stereocenters. The summed E-state index contributed by atoms with van der Waals surface area (Å²) in [7, 11) is 0. The second-order valence-corrected chi connectivity index (χ2v) is 7.52. The second kappa shape index (κ2) is 6.91. The van der Waals surface area contributed by atoms with Crippen LogP contribution in [0.4, 0.5) is 4.39 Å². The summed E-state index contributed by atoms with van der Waals surface area (Å²) in [4.78, 5) is 37.3. The lowest BCUT2D eigenvalue weighted by atomic mass is 10.2. The fourth-order valence-corrected chi connectivity index (χ4v) is 4.40. The summed E-state index contributed by atoms with van der Waals surface area (Å²) in [6, 6.07) is 5.10. The molecule has 134 valence electrons. The quantitative estimate of drug-likeness (QED) is 0.769. The maximum Gasteiger partial charge on any atom is 0.276 e. The molecular weight excluding hydrogens is 349 g/mol. The molecule has 0 unspecified atom stereocenters. The molecule has 2 aliphatic rings. The van der Waals surface area contributed by atoms with Gasteiger partial charge in [0.1, 0.15) is 6.04 Å². The Kier molecular flexibility index (Phi) is 4.85. The summed E-state index contributed by atoms with van der Waals surface area (Å²) >= 11 is 1.56. The third-order valence-electron chi connectivity index (χ3n) is 4.27. The number of carbonyl (C=O) groups excluding carboxylic acids is 3. The van der Waals surface area contributed by atoms with Crippen molar-refractivity contribution < 1.29 is 23.5 Å². The Morgan fingerprint density at radius 1 is 1.40 bits per heavy atom. The van der Waals surface area contributed by atoms with Gasteiger partial charge in [0.05, 0.1) is 4.87 Å². The lowest BCUT2D eigenvalue weighted by molar-refractivity contribution is -0.139. The zero-order chi connectivity index (χ0) is 18.0. The second-order valence-electron chi connectivity index (χ2n) is 6.02. The van der Waals surface area contributed by atoms with Gasteiger partial charge in [0, 0.05) is 12.2 Å². The van der Waals surface area contributed by atoms with Crippen LogP contribution in [0.2, 0.25) is 0 Å². The number of ether oxygens (including phenoxy) is 1. The number of halogens is 1. The van der Waals surface area contributed by atoms with Crippen LogP contribution in [0.3, 0.4) is 0 Å². The highest BCUT2D eigenvalue weighted by molar-refractivity contribution is 8.01. The number of carbonyl (C=O) groups is 3. The molecule has 2 heterocycles. The molecule has 1 aromatic carbocycles. The Morgan fingerprint density at radius 3 is 2.92 bits per heavy atom. The van der Waals surface area contributed by atoms with Crippen LogP contribution in [0, 0.1) is 5.82 Å². The average Bonchev–Trinajstić information content (AvgIpc) is 3.08. The first-order valence-electron chi connectivity index (χ1n) is 7.83. The van der Waals surface area contributed by atoms with Crippen LogP contribution in [0.25, 0.3) is 0 Å². The van der Waals surface area contributed by atoms with Crippen LogP contribution in [0.5, 0.6) is 5.75 Å². The lowest BCUT2D eigenvalue weighted by Crippen LogP contribution is -2.54. The molecule has 2 fully saturated rings. The summed E-state index contributed by atoms with van der Waals surface area (Å²) in [5, 5.41) is 0. The zero-order valence-corrected chi connectivity index (χ0v) is 14.4. The van der Waals surface area contributed by atoms with Crippen molar-refractivity contribution in [1.29, 1.82) is 0 Å². The van der Waals surface area contributed by atoms with Crippen molar-refractivity contribution in [1.82, 2.24) is 15.8 Å². The molecule has 1 aromatic rings. The van der Waals surface area contributed by atoms with Crippen LogP contribution in [-0.4, -0.2) is 45.9 Å². The molecule has 2 aliphatic heterocycles. The summed E-state index contributed by atoms with van der Waals surface area (Å²) in [6.45, 7) is 1.50. The smallest absolute Gasteiger partial charge is 0.276 e. The fourth-order valence-electron chi connectivity index (χ4n) is 2.97. The van der Waals surface area contributed by atoms with Crippen molar-refractivity contribution in [3.05, 3.63) is 30.1 Å². The van der Waals surface area contributed by atoms with Gasteiger partial charge < -0.3 is 9.64 Å². The van der Waals surface area contributed by atoms with Gasteiger partial charge in [-0.3, -0.25) is 25.2 Å². The molecule has 2 N–H and O–H groups in total. The molecule has 7 nitrogen and oxygen atoms in total. The van der Waals surface area contributed by atoms with Gasteiger partial charge in [-0.25, -0.2) is 4.39 Å². The number of hydrazine groups is 1. The van der Waals surface area contributed by atoms with Gasteiger partial charge in [-0.15, -0.1) is 11.8 Å². The summed E-state index contributed by atoms with van der Waals surface area (Å²) < 4.78 is 18.4. The summed E-state index contributed by atoms with van der Waals surface area (Å²) in [5.41, 5.74) is 4.53. The Morgan fingerprint density at radius 2 is 2.16 bits per heavy atom. The van der Waals surface area contributed by atoms with E-state index in [0.717, 1.165) is 0 Å². The molecule has 9 heteroatoms. The van der Waals surface area contributed by atoms with E-state index in [2.05, 4.69) is 10.9 Å². The molecular formula is C16H18FN3O4S. The van der Waals surface area contributed by atoms with Crippen LogP contribution < -0.4 is 15.6 Å². The van der Waals surface area contributed by atoms with E-state index in [1.165, 1.54) is 18.2 Å². The normalized spacial score (nSPS) is 24.8. The minimum absolute atomic E-state index is 0.0467. The fraction of sp³-hybridized carbons (Fsp3) is 0.438. The molecule has 0 saturated carbocycles. The van der Waals surface area contributed by atoms with Crippen molar-refractivity contribution in [2.75, 3.05) is 12.4 Å². The van der Waals surface area contributed by atoms with Gasteiger partial charge >= 0.3 is 0 Å². The molecule has 25 heavy (non-hydrogen) atoms. The van der Waals surface area contributed by atoms with Gasteiger partial charge in [-0.05, 0) is 25.5 Å². The van der Waals surface area contributed by atoms with Crippen molar-refractivity contribution >= 4 is 29.5 Å². The maximum atomic E-state index is 13.4. The van der Waals surface area contributed by atoms with Gasteiger partial charge in [-0.2, -0.15) is 0 Å². The predicted molar refractivity (Wildman–Crippen MR) is 88.9 cm³/mol. The van der Waals surface area contributed by atoms with Gasteiger partial charge in [0.2, 0.25) is 5.91 Å². The zero-order valence-electron chi connectivity index (χ0n) is 13.6. The van der Waals surface area contributed by atoms with E-state index in [9.17, 15) is 18.8 Å². The van der Waals surface area contributed by atoms with Crippen LogP contribution >= 0.6 is 11.8 Å². The Hall–Kier alpha value is -2.29. The standard InChI is InChI=1S/C16H18FN3O4S/c1-16-7-6-14(22)20(16)11(9-25-16)15(23)19-18-13(21)8-24-12-5-3-2-4-10(12)17/h2-5,11H,6-9H2,1H3,(H,18,21)(H,19,23)/t11-,16-/m1/s1. The third-order valence-corrected chi connectivity index (χ3v) is 5.77. The topological polar surface area (TPSA) is 87.7 Å². The van der Waals surface area contributed by atoms with E-state index in [-0.39, 0.29) is 16.5 Å². The first-order valence-corrected chi connectivity index (χ1v) is 8.81. The number of hydrogen-bond donors (Lipinski definition) is 2. The SMILES string of the molecule is C[C@@]12CCC(=O)N1[C@@H](C(=O)NNC(=O)COc1ccccc1F)CS2. The Balaban J connectivity index is 1.48. The largest absolute Gasteiger partial charge is 0.481 e. The number of nitrogens with zero attached hydrogens (tertiary/aromatic N) is 1. The molecule has 3 rings (SSSR count). The minimum atomic E-state index is -0.627. The van der Waals surface area contributed by atoms with Crippen LogP contribution in [-0.2, 0) is 14.4 Å². The predicted octanol–water partition coefficient (Wildman–Crippen LogP) is 0.806. The number of benzene rings is 1. The van der Waals surface area contributed by atoms with E-state index in [4.69, 9.17) is 4.74 Å². The van der Waals surface area contributed by atoms with Gasteiger partial charge in [-0.1, -0.05) is 12.1 Å². The Bertz CT molecular complexity index is 716. The first-order chi connectivity index (χ1) is 11.9. The number of para-hydroxylation sites is 1. The van der Waals surface area contributed by atoms with Crippen molar-refractivity contribution in [3.8, 4) is 5.75 Å². The number of hydrogen-bond acceptors (Lipinski definition) is 5. The van der Waals surface area contributed by atoms with Crippen molar-refractivity contribution in [2.45, 2.75) is 30.7 Å². The number of amides is 3. The number of nitrogens with one attached hydrogen (secondary N) is 2. The summed E-state index contributed by atoms with van der Waals surface area (Å²) in [6.07, 6.45) is 1.14. The summed E-state index contributed by atoms with van der Waals surface area (Å²) in [5.74, 6) is -1.27. The van der Waals surface area contributed by atoms with Crippen molar-refractivity contribution in [3.63, 3.8) is 0 Å². The van der Waals surface area contributed by atoms with E-state index in [1.807, 2.05) is 6.92 Å². The molecule has 0 aromatic heterocycles. The monoisotopic (exact) mass is 367 g/mol. The van der Waals surface area contributed by atoms with Crippen molar-refractivity contribution in [2.24, 2.45) is 0 Å². The molecule has 0 bridgehead atoms. The van der Waals surface area contributed by atoms with E-state index in [0.29, 0.717) is 18.6 Å². The van der Waals surface area contributed by atoms with Crippen LogP contribution in [0.15, 0.2) is 24.3 Å². The van der Waals surface area contributed by atoms with Gasteiger partial charge in [0.15, 0.2) is 18.2 Å². The average molecular weight is 367 g/mol. The molecule has 0 radical (unpaired) electrons. The molecule has 3 amide bonds. The molecule has 0 spiro atoms. The van der Waals surface area contributed by atoms with E-state index >= 15 is 0 Å². The van der Waals surface area contributed by atoms with Crippen LogP contribution in [0.1, 0.15) is 19.8 Å².